The molecule has 1 fully saturated rings. The summed E-state index contributed by atoms with van der Waals surface area (Å²) in [7, 11) is 0. The number of carbonyl (C=O) groups is 1. The van der Waals surface area contributed by atoms with Crippen LogP contribution in [-0.2, 0) is 4.74 Å². The number of carbonyl (C=O) groups excluding carboxylic acids is 1. The molecule has 0 saturated carbocycles. The predicted molar refractivity (Wildman–Crippen MR) is 80.9 cm³/mol. The number of aliphatic hydroxyl groups is 1. The number of halogens is 2. The lowest BCUT2D eigenvalue weighted by atomic mass is 10.1. The Labute approximate surface area is 134 Å². The van der Waals surface area contributed by atoms with Crippen LogP contribution in [0.4, 0.5) is 13.6 Å². The Morgan fingerprint density at radius 3 is 3.04 bits per heavy atom. The minimum absolute atomic E-state index is 0.0570. The number of hydrogen-bond acceptors (Lipinski definition) is 3. The first-order valence-electron chi connectivity index (χ1n) is 7.74. The van der Waals surface area contributed by atoms with Crippen molar-refractivity contribution in [2.24, 2.45) is 0 Å². The molecule has 5 nitrogen and oxygen atoms in total. The van der Waals surface area contributed by atoms with E-state index < -0.39 is 17.7 Å². The van der Waals surface area contributed by atoms with Crippen LogP contribution < -0.4 is 5.32 Å². The third-order valence-electron chi connectivity index (χ3n) is 3.90. The van der Waals surface area contributed by atoms with Crippen molar-refractivity contribution in [3.63, 3.8) is 0 Å². The molecule has 0 spiro atoms. The molecule has 1 aliphatic rings. The molecule has 1 aromatic carbocycles. The average Bonchev–Trinajstić information content (AvgIpc) is 2.55. The summed E-state index contributed by atoms with van der Waals surface area (Å²) in [4.78, 5) is 13.9. The molecule has 2 atom stereocenters. The Balaban J connectivity index is 1.94. The number of piperidine rings is 1. The molecule has 1 aliphatic heterocycles. The van der Waals surface area contributed by atoms with E-state index in [1.54, 1.807) is 11.8 Å². The fraction of sp³-hybridized carbons (Fsp3) is 0.562. The summed E-state index contributed by atoms with van der Waals surface area (Å²) in [6.07, 6.45) is 1.52. The molecule has 2 N–H and O–H groups in total. The van der Waals surface area contributed by atoms with Gasteiger partial charge in [0.05, 0.1) is 25.4 Å². The van der Waals surface area contributed by atoms with E-state index in [1.165, 1.54) is 12.1 Å². The lowest BCUT2D eigenvalue weighted by Gasteiger charge is -2.33. The Hall–Kier alpha value is -1.73. The summed E-state index contributed by atoms with van der Waals surface area (Å²) in [6.45, 7) is 2.80. The SMILES string of the molecule is C[C@@H](NC(=O)N1CCC[C@H](OCCO)C1)c1cccc(F)c1F. The van der Waals surface area contributed by atoms with Crippen molar-refractivity contribution in [3.8, 4) is 0 Å². The van der Waals surface area contributed by atoms with E-state index in [4.69, 9.17) is 9.84 Å². The van der Waals surface area contributed by atoms with E-state index in [-0.39, 0.29) is 30.9 Å². The number of nitrogens with one attached hydrogen (secondary N) is 1. The quantitative estimate of drug-likeness (QED) is 0.871. The largest absolute Gasteiger partial charge is 0.394 e. The zero-order chi connectivity index (χ0) is 16.8. The number of hydrogen-bond donors (Lipinski definition) is 2. The Kier molecular flexibility index (Phi) is 6.29. The van der Waals surface area contributed by atoms with Gasteiger partial charge in [0.25, 0.3) is 0 Å². The van der Waals surface area contributed by atoms with E-state index in [0.29, 0.717) is 13.1 Å². The Morgan fingerprint density at radius 2 is 2.30 bits per heavy atom. The van der Waals surface area contributed by atoms with Crippen molar-refractivity contribution in [1.29, 1.82) is 0 Å². The fourth-order valence-corrected chi connectivity index (χ4v) is 2.69. The second kappa shape index (κ2) is 8.21. The zero-order valence-corrected chi connectivity index (χ0v) is 13.1. The van der Waals surface area contributed by atoms with Gasteiger partial charge in [-0.15, -0.1) is 0 Å². The molecule has 0 aliphatic carbocycles. The van der Waals surface area contributed by atoms with Crippen LogP contribution in [0.1, 0.15) is 31.4 Å². The highest BCUT2D eigenvalue weighted by Crippen LogP contribution is 2.20. The number of likely N-dealkylation sites (tertiary alicyclic amines) is 1. The minimum Gasteiger partial charge on any atom is -0.394 e. The topological polar surface area (TPSA) is 61.8 Å². The van der Waals surface area contributed by atoms with Gasteiger partial charge in [0, 0.05) is 18.7 Å². The average molecular weight is 328 g/mol. The third kappa shape index (κ3) is 4.62. The van der Waals surface area contributed by atoms with E-state index in [0.717, 1.165) is 18.9 Å². The van der Waals surface area contributed by atoms with Crippen LogP contribution in [0.3, 0.4) is 0 Å². The molecule has 1 aromatic rings. The Morgan fingerprint density at radius 1 is 1.52 bits per heavy atom. The van der Waals surface area contributed by atoms with Crippen LogP contribution in [0.25, 0.3) is 0 Å². The molecule has 128 valence electrons. The number of nitrogens with zero attached hydrogens (tertiary/aromatic N) is 1. The van der Waals surface area contributed by atoms with Crippen LogP contribution in [0, 0.1) is 11.6 Å². The van der Waals surface area contributed by atoms with Gasteiger partial charge in [-0.3, -0.25) is 0 Å². The van der Waals surface area contributed by atoms with Gasteiger partial charge in [0.2, 0.25) is 0 Å². The first kappa shape index (κ1) is 17.6. The molecular formula is C16H22F2N2O3. The number of benzene rings is 1. The van der Waals surface area contributed by atoms with E-state index in [2.05, 4.69) is 5.32 Å². The highest BCUT2D eigenvalue weighted by Gasteiger charge is 2.25. The first-order valence-corrected chi connectivity index (χ1v) is 7.74. The molecule has 2 amide bonds. The first-order chi connectivity index (χ1) is 11.0. The maximum Gasteiger partial charge on any atom is 0.317 e. The molecule has 7 heteroatoms. The van der Waals surface area contributed by atoms with E-state index >= 15 is 0 Å². The number of aliphatic hydroxyl groups excluding tert-OH is 1. The Bertz CT molecular complexity index is 542. The smallest absolute Gasteiger partial charge is 0.317 e. The van der Waals surface area contributed by atoms with Gasteiger partial charge in [-0.2, -0.15) is 0 Å². The maximum absolute atomic E-state index is 13.8. The summed E-state index contributed by atoms with van der Waals surface area (Å²) >= 11 is 0. The van der Waals surface area contributed by atoms with Gasteiger partial charge in [-0.05, 0) is 25.8 Å². The van der Waals surface area contributed by atoms with E-state index in [9.17, 15) is 13.6 Å². The van der Waals surface area contributed by atoms with E-state index in [1.807, 2.05) is 0 Å². The number of ether oxygens (including phenoxy) is 1. The highest BCUT2D eigenvalue weighted by molar-refractivity contribution is 5.74. The van der Waals surface area contributed by atoms with Crippen molar-refractivity contribution in [1.82, 2.24) is 10.2 Å². The minimum atomic E-state index is -0.942. The lowest BCUT2D eigenvalue weighted by molar-refractivity contribution is -0.00597. The summed E-state index contributed by atoms with van der Waals surface area (Å²) in [6, 6.07) is 2.93. The van der Waals surface area contributed by atoms with Crippen molar-refractivity contribution in [3.05, 3.63) is 35.4 Å². The van der Waals surface area contributed by atoms with Gasteiger partial charge >= 0.3 is 6.03 Å². The zero-order valence-electron chi connectivity index (χ0n) is 13.1. The van der Waals surface area contributed by atoms with Gasteiger partial charge < -0.3 is 20.1 Å². The van der Waals surface area contributed by atoms with Crippen molar-refractivity contribution < 1.29 is 23.4 Å². The van der Waals surface area contributed by atoms with Crippen LogP contribution >= 0.6 is 0 Å². The monoisotopic (exact) mass is 328 g/mol. The van der Waals surface area contributed by atoms with Gasteiger partial charge in [0.15, 0.2) is 11.6 Å². The second-order valence-electron chi connectivity index (χ2n) is 5.62. The van der Waals surface area contributed by atoms with Gasteiger partial charge in [-0.1, -0.05) is 12.1 Å². The summed E-state index contributed by atoms with van der Waals surface area (Å²) in [5.74, 6) is -1.87. The number of urea groups is 1. The molecule has 23 heavy (non-hydrogen) atoms. The van der Waals surface area contributed by atoms with Gasteiger partial charge in [0.1, 0.15) is 0 Å². The molecule has 1 saturated heterocycles. The summed E-state index contributed by atoms with van der Waals surface area (Å²) in [5.41, 5.74) is 0.114. The molecular weight excluding hydrogens is 306 g/mol. The third-order valence-corrected chi connectivity index (χ3v) is 3.90. The predicted octanol–water partition coefficient (Wildman–Crippen LogP) is 2.21. The summed E-state index contributed by atoms with van der Waals surface area (Å²) < 4.78 is 32.5. The van der Waals surface area contributed by atoms with Crippen LogP contribution in [0.15, 0.2) is 18.2 Å². The second-order valence-corrected chi connectivity index (χ2v) is 5.62. The standard InChI is InChI=1S/C16H22F2N2O3/c1-11(13-5-2-6-14(17)15(13)18)19-16(22)20-7-3-4-12(10-20)23-9-8-21/h2,5-6,11-12,21H,3-4,7-10H2,1H3,(H,19,22)/t11-,12+/m1/s1. The van der Waals surface area contributed by atoms with Crippen molar-refractivity contribution in [2.75, 3.05) is 26.3 Å². The van der Waals surface area contributed by atoms with Crippen LogP contribution in [0.5, 0.6) is 0 Å². The van der Waals surface area contributed by atoms with Crippen LogP contribution in [0.2, 0.25) is 0 Å². The molecule has 0 unspecified atom stereocenters. The van der Waals surface area contributed by atoms with Crippen molar-refractivity contribution in [2.45, 2.75) is 31.9 Å². The molecule has 2 rings (SSSR count). The molecule has 1 heterocycles. The highest BCUT2D eigenvalue weighted by atomic mass is 19.2. The lowest BCUT2D eigenvalue weighted by Crippen LogP contribution is -2.48. The summed E-state index contributed by atoms with van der Waals surface area (Å²) in [5, 5.41) is 11.5. The van der Waals surface area contributed by atoms with Crippen molar-refractivity contribution >= 4 is 6.03 Å². The molecule has 0 radical (unpaired) electrons. The number of amides is 2. The van der Waals surface area contributed by atoms with Gasteiger partial charge in [-0.25, -0.2) is 13.6 Å². The molecule has 0 aromatic heterocycles. The molecule has 0 bridgehead atoms. The van der Waals surface area contributed by atoms with Crippen LogP contribution in [-0.4, -0.2) is 48.4 Å². The fourth-order valence-electron chi connectivity index (χ4n) is 2.69. The number of rotatable bonds is 5. The maximum atomic E-state index is 13.8. The normalized spacial score (nSPS) is 19.5.